The van der Waals surface area contributed by atoms with Crippen molar-refractivity contribution in [1.82, 2.24) is 20.1 Å². The largest absolute Gasteiger partial charge is 0.496 e. The van der Waals surface area contributed by atoms with Crippen LogP contribution in [-0.4, -0.2) is 59.4 Å². The van der Waals surface area contributed by atoms with Crippen molar-refractivity contribution in [2.75, 3.05) is 33.4 Å². The van der Waals surface area contributed by atoms with Crippen LogP contribution in [0.1, 0.15) is 35.0 Å². The summed E-state index contributed by atoms with van der Waals surface area (Å²) in [7, 11) is 1.58. The van der Waals surface area contributed by atoms with E-state index in [2.05, 4.69) is 15.2 Å². The van der Waals surface area contributed by atoms with E-state index in [9.17, 15) is 4.79 Å². The van der Waals surface area contributed by atoms with Crippen LogP contribution in [0.2, 0.25) is 0 Å². The molecule has 0 saturated carbocycles. The van der Waals surface area contributed by atoms with Gasteiger partial charge in [0.2, 0.25) is 11.8 Å². The molecule has 1 aromatic carbocycles. The van der Waals surface area contributed by atoms with Gasteiger partial charge in [-0.15, -0.1) is 10.2 Å². The summed E-state index contributed by atoms with van der Waals surface area (Å²) in [5, 5.41) is 8.65. The third-order valence-corrected chi connectivity index (χ3v) is 6.43. The monoisotopic (exact) mass is 420 g/mol. The number of nitrogens with zero attached hydrogens (tertiary/aromatic N) is 4. The van der Waals surface area contributed by atoms with Crippen molar-refractivity contribution < 1.29 is 18.7 Å². The number of carbonyl (C=O) groups is 1. The molecule has 5 rings (SSSR count). The quantitative estimate of drug-likeness (QED) is 0.640. The Morgan fingerprint density at radius 1 is 1.13 bits per heavy atom. The highest BCUT2D eigenvalue weighted by molar-refractivity contribution is 5.97. The lowest BCUT2D eigenvalue weighted by Crippen LogP contribution is -2.37. The fourth-order valence-corrected chi connectivity index (χ4v) is 4.73. The number of amides is 1. The van der Waals surface area contributed by atoms with E-state index in [1.165, 1.54) is 0 Å². The van der Waals surface area contributed by atoms with E-state index in [0.717, 1.165) is 18.4 Å². The molecular formula is C23H24N4O4. The Balaban J connectivity index is 1.46. The molecule has 0 radical (unpaired) electrons. The Hall–Kier alpha value is -3.26. The van der Waals surface area contributed by atoms with Gasteiger partial charge in [0.1, 0.15) is 5.75 Å². The topological polar surface area (TPSA) is 90.6 Å². The maximum absolute atomic E-state index is 13.4. The van der Waals surface area contributed by atoms with Crippen LogP contribution in [0.15, 0.2) is 53.2 Å². The summed E-state index contributed by atoms with van der Waals surface area (Å²) in [4.78, 5) is 19.3. The summed E-state index contributed by atoms with van der Waals surface area (Å²) in [6.07, 6.45) is 5.09. The molecule has 2 aliphatic heterocycles. The van der Waals surface area contributed by atoms with Crippen molar-refractivity contribution in [1.29, 1.82) is 0 Å². The molecule has 3 aromatic rings. The molecule has 1 atom stereocenters. The highest BCUT2D eigenvalue weighted by Crippen LogP contribution is 2.49. The van der Waals surface area contributed by atoms with Gasteiger partial charge >= 0.3 is 0 Å². The number of hydrogen-bond acceptors (Lipinski definition) is 7. The minimum atomic E-state index is -0.141. The van der Waals surface area contributed by atoms with Gasteiger partial charge in [0.15, 0.2) is 0 Å². The first-order valence-electron chi connectivity index (χ1n) is 10.4. The maximum Gasteiger partial charge on any atom is 0.257 e. The van der Waals surface area contributed by atoms with E-state index in [-0.39, 0.29) is 17.2 Å². The maximum atomic E-state index is 13.4. The normalized spacial score (nSPS) is 20.2. The van der Waals surface area contributed by atoms with Crippen LogP contribution in [0, 0.1) is 5.41 Å². The van der Waals surface area contributed by atoms with Crippen LogP contribution in [0.3, 0.4) is 0 Å². The average molecular weight is 420 g/mol. The molecule has 2 aromatic heterocycles. The number of ether oxygens (including phenoxy) is 2. The summed E-state index contributed by atoms with van der Waals surface area (Å²) >= 11 is 0. The van der Waals surface area contributed by atoms with E-state index in [0.29, 0.717) is 49.4 Å². The number of benzene rings is 1. The second-order valence-corrected chi connectivity index (χ2v) is 8.09. The predicted octanol–water partition coefficient (Wildman–Crippen LogP) is 3.18. The molecule has 1 unspecified atom stereocenters. The highest BCUT2D eigenvalue weighted by Gasteiger charge is 2.51. The Bertz CT molecular complexity index is 1060. The van der Waals surface area contributed by atoms with E-state index in [1.807, 2.05) is 35.2 Å². The van der Waals surface area contributed by atoms with Gasteiger partial charge in [-0.2, -0.15) is 0 Å². The van der Waals surface area contributed by atoms with Crippen LogP contribution >= 0.6 is 0 Å². The summed E-state index contributed by atoms with van der Waals surface area (Å²) < 4.78 is 17.2. The second kappa shape index (κ2) is 8.11. The zero-order valence-electron chi connectivity index (χ0n) is 17.4. The summed E-state index contributed by atoms with van der Waals surface area (Å²) in [6, 6.07) is 11.0. The summed E-state index contributed by atoms with van der Waals surface area (Å²) in [5.41, 5.74) is 1.25. The smallest absolute Gasteiger partial charge is 0.257 e. The van der Waals surface area contributed by atoms with Gasteiger partial charge in [0, 0.05) is 49.7 Å². The number of aromatic nitrogens is 3. The zero-order chi connectivity index (χ0) is 21.3. The third-order valence-electron chi connectivity index (χ3n) is 6.43. The van der Waals surface area contributed by atoms with Crippen LogP contribution in [0.25, 0.3) is 11.5 Å². The molecular weight excluding hydrogens is 396 g/mol. The fourth-order valence-electron chi connectivity index (χ4n) is 4.73. The van der Waals surface area contributed by atoms with Gasteiger partial charge in [-0.1, -0.05) is 12.1 Å². The van der Waals surface area contributed by atoms with Crippen molar-refractivity contribution in [3.05, 3.63) is 60.2 Å². The minimum absolute atomic E-state index is 0.0420. The van der Waals surface area contributed by atoms with Crippen LogP contribution in [0.4, 0.5) is 0 Å². The standard InChI is InChI=1S/C23H24N4O4/c1-29-19-5-3-2-4-17(19)22(28)27-14-18(23(15-27)8-12-30-13-9-23)21-26-25-20(31-21)16-6-10-24-11-7-16/h2-7,10-11,18H,8-9,12-15H2,1H3. The van der Waals surface area contributed by atoms with E-state index in [1.54, 1.807) is 25.6 Å². The Morgan fingerprint density at radius 3 is 2.68 bits per heavy atom. The molecule has 1 spiro atoms. The molecule has 8 nitrogen and oxygen atoms in total. The van der Waals surface area contributed by atoms with Gasteiger partial charge in [0.05, 0.1) is 18.6 Å². The van der Waals surface area contributed by atoms with Crippen LogP contribution in [-0.2, 0) is 4.74 Å². The average Bonchev–Trinajstić information content (AvgIpc) is 3.45. The number of rotatable bonds is 4. The fraction of sp³-hybridized carbons (Fsp3) is 0.391. The lowest BCUT2D eigenvalue weighted by Gasteiger charge is -2.36. The lowest BCUT2D eigenvalue weighted by atomic mass is 9.72. The molecule has 1 amide bonds. The molecule has 2 saturated heterocycles. The van der Waals surface area contributed by atoms with Crippen LogP contribution in [0.5, 0.6) is 5.75 Å². The first-order chi connectivity index (χ1) is 15.2. The van der Waals surface area contributed by atoms with Gasteiger partial charge in [-0.25, -0.2) is 0 Å². The molecule has 4 heterocycles. The number of pyridine rings is 1. The second-order valence-electron chi connectivity index (χ2n) is 8.09. The first kappa shape index (κ1) is 19.7. The lowest BCUT2D eigenvalue weighted by molar-refractivity contribution is 0.00906. The SMILES string of the molecule is COc1ccccc1C(=O)N1CC(c2nnc(-c3ccncc3)o2)C2(CCOCC2)C1. The van der Waals surface area contributed by atoms with Gasteiger partial charge in [0.25, 0.3) is 5.91 Å². The Kier molecular flexibility index (Phi) is 5.15. The molecule has 0 aliphatic carbocycles. The zero-order valence-corrected chi connectivity index (χ0v) is 17.4. The third kappa shape index (κ3) is 3.57. The van der Waals surface area contributed by atoms with Crippen molar-refractivity contribution in [2.24, 2.45) is 5.41 Å². The van der Waals surface area contributed by atoms with Crippen LogP contribution < -0.4 is 4.74 Å². The molecule has 160 valence electrons. The first-order valence-corrected chi connectivity index (χ1v) is 10.4. The van der Waals surface area contributed by atoms with E-state index < -0.39 is 0 Å². The minimum Gasteiger partial charge on any atom is -0.496 e. The molecule has 2 fully saturated rings. The molecule has 31 heavy (non-hydrogen) atoms. The summed E-state index contributed by atoms with van der Waals surface area (Å²) in [6.45, 7) is 2.48. The molecule has 2 aliphatic rings. The number of para-hydroxylation sites is 1. The van der Waals surface area contributed by atoms with E-state index >= 15 is 0 Å². The van der Waals surface area contributed by atoms with Crippen molar-refractivity contribution in [3.63, 3.8) is 0 Å². The number of methoxy groups -OCH3 is 1. The van der Waals surface area contributed by atoms with Crippen molar-refractivity contribution >= 4 is 5.91 Å². The van der Waals surface area contributed by atoms with Crippen molar-refractivity contribution in [2.45, 2.75) is 18.8 Å². The number of likely N-dealkylation sites (tertiary alicyclic amines) is 1. The van der Waals surface area contributed by atoms with E-state index in [4.69, 9.17) is 13.9 Å². The molecule has 0 bridgehead atoms. The Labute approximate surface area is 180 Å². The van der Waals surface area contributed by atoms with Gasteiger partial charge < -0.3 is 18.8 Å². The Morgan fingerprint density at radius 2 is 1.90 bits per heavy atom. The number of carbonyl (C=O) groups excluding carboxylic acids is 1. The van der Waals surface area contributed by atoms with Gasteiger partial charge in [-0.05, 0) is 37.1 Å². The van der Waals surface area contributed by atoms with Crippen molar-refractivity contribution in [3.8, 4) is 17.2 Å². The number of hydrogen-bond donors (Lipinski definition) is 0. The molecule has 8 heteroatoms. The highest BCUT2D eigenvalue weighted by atomic mass is 16.5. The molecule has 0 N–H and O–H groups in total. The summed E-state index contributed by atoms with van der Waals surface area (Å²) in [5.74, 6) is 1.53. The predicted molar refractivity (Wildman–Crippen MR) is 112 cm³/mol. The van der Waals surface area contributed by atoms with Gasteiger partial charge in [-0.3, -0.25) is 9.78 Å².